The first-order valence-corrected chi connectivity index (χ1v) is 9.71. The lowest BCUT2D eigenvalue weighted by atomic mass is 10.1. The lowest BCUT2D eigenvalue weighted by Crippen LogP contribution is -2.16. The van der Waals surface area contributed by atoms with Crippen molar-refractivity contribution in [3.05, 3.63) is 67.2 Å². The van der Waals surface area contributed by atoms with Crippen LogP contribution >= 0.6 is 46.3 Å². The number of ketones is 1. The van der Waals surface area contributed by atoms with Gasteiger partial charge in [-0.2, -0.15) is 0 Å². The maximum Gasteiger partial charge on any atom is 0.351 e. The first kappa shape index (κ1) is 17.5. The Morgan fingerprint density at radius 1 is 1.21 bits per heavy atom. The van der Waals surface area contributed by atoms with Crippen LogP contribution in [0.5, 0.6) is 0 Å². The molecule has 1 aliphatic heterocycles. The number of thiophene rings is 1. The Labute approximate surface area is 157 Å². The van der Waals surface area contributed by atoms with Crippen molar-refractivity contribution in [1.82, 2.24) is 0 Å². The predicted molar refractivity (Wildman–Crippen MR) is 98.8 cm³/mol. The number of hydrogen-bond acceptors (Lipinski definition) is 5. The van der Waals surface area contributed by atoms with Crippen LogP contribution in [0.3, 0.4) is 0 Å². The number of Topliss-reactive ketones (excluding diaryl/α,β-unsaturated/α-hetero) is 1. The Kier molecular flexibility index (Phi) is 5.66. The molecular weight excluding hydrogens is 387 g/mol. The summed E-state index contributed by atoms with van der Waals surface area (Å²) in [7, 11) is 0. The molecule has 0 amide bonds. The molecule has 1 aliphatic rings. The number of ether oxygens (including phenoxy) is 1. The second kappa shape index (κ2) is 7.74. The molecule has 3 nitrogen and oxygen atoms in total. The number of hydrogen-bond donors (Lipinski definition) is 0. The molecule has 7 heteroatoms. The van der Waals surface area contributed by atoms with Crippen molar-refractivity contribution in [1.29, 1.82) is 0 Å². The number of rotatable bonds is 6. The summed E-state index contributed by atoms with van der Waals surface area (Å²) in [5.74, 6) is -0.0127. The van der Waals surface area contributed by atoms with Gasteiger partial charge in [0, 0.05) is 10.8 Å². The maximum absolute atomic E-state index is 12.3. The lowest BCUT2D eigenvalue weighted by molar-refractivity contribution is -0.138. The summed E-state index contributed by atoms with van der Waals surface area (Å²) >= 11 is 14.7. The zero-order valence-corrected chi connectivity index (χ0v) is 15.5. The van der Waals surface area contributed by atoms with Gasteiger partial charge in [0.05, 0.1) is 16.2 Å². The van der Waals surface area contributed by atoms with Crippen molar-refractivity contribution >= 4 is 58.1 Å². The van der Waals surface area contributed by atoms with Gasteiger partial charge in [0.2, 0.25) is 0 Å². The molecule has 1 aromatic carbocycles. The van der Waals surface area contributed by atoms with Crippen LogP contribution in [0.1, 0.15) is 21.7 Å². The van der Waals surface area contributed by atoms with Gasteiger partial charge in [-0.15, -0.1) is 23.1 Å². The summed E-state index contributed by atoms with van der Waals surface area (Å²) < 4.78 is 5.26. The van der Waals surface area contributed by atoms with Crippen molar-refractivity contribution in [3.63, 3.8) is 0 Å². The van der Waals surface area contributed by atoms with E-state index in [2.05, 4.69) is 0 Å². The van der Waals surface area contributed by atoms with E-state index >= 15 is 0 Å². The van der Waals surface area contributed by atoms with Crippen LogP contribution in [0.15, 0.2) is 51.7 Å². The molecule has 124 valence electrons. The molecule has 3 rings (SSSR count). The smallest absolute Gasteiger partial charge is 0.351 e. The summed E-state index contributed by atoms with van der Waals surface area (Å²) in [6, 6.07) is 11.0. The van der Waals surface area contributed by atoms with Gasteiger partial charge in [0.1, 0.15) is 11.1 Å². The third-order valence-corrected chi connectivity index (χ3v) is 6.30. The molecule has 1 aromatic heterocycles. The van der Waals surface area contributed by atoms with E-state index in [0.29, 0.717) is 20.6 Å². The third-order valence-electron chi connectivity index (χ3n) is 3.41. The minimum atomic E-state index is -0.614. The molecule has 0 saturated carbocycles. The van der Waals surface area contributed by atoms with Crippen LogP contribution in [0, 0.1) is 0 Å². The van der Waals surface area contributed by atoms with Crippen molar-refractivity contribution in [3.8, 4) is 0 Å². The molecule has 2 heterocycles. The third kappa shape index (κ3) is 4.03. The van der Waals surface area contributed by atoms with Crippen LogP contribution in [0.4, 0.5) is 0 Å². The van der Waals surface area contributed by atoms with Crippen molar-refractivity contribution in [2.45, 2.75) is 18.3 Å². The minimum absolute atomic E-state index is 0.0567. The normalized spacial score (nSPS) is 17.2. The largest absolute Gasteiger partial charge is 0.452 e. The average Bonchev–Trinajstić information content (AvgIpc) is 3.18. The Balaban J connectivity index is 1.69. The van der Waals surface area contributed by atoms with Crippen LogP contribution in [0.2, 0.25) is 5.02 Å². The van der Waals surface area contributed by atoms with Gasteiger partial charge in [-0.05, 0) is 29.1 Å². The van der Waals surface area contributed by atoms with Gasteiger partial charge in [-0.3, -0.25) is 4.79 Å². The number of carbonyl (C=O) groups excluding carboxylic acids is 2. The predicted octanol–water partition coefficient (Wildman–Crippen LogP) is 5.28. The van der Waals surface area contributed by atoms with Crippen molar-refractivity contribution in [2.75, 3.05) is 0 Å². The Bertz CT molecular complexity index is 783. The average molecular weight is 399 g/mol. The summed E-state index contributed by atoms with van der Waals surface area (Å²) in [4.78, 5) is 25.3. The first-order valence-electron chi connectivity index (χ1n) is 7.09. The van der Waals surface area contributed by atoms with Crippen LogP contribution in [0.25, 0.3) is 0 Å². The van der Waals surface area contributed by atoms with Gasteiger partial charge in [-0.25, -0.2) is 4.79 Å². The fraction of sp³-hybridized carbons (Fsp3) is 0.176. The van der Waals surface area contributed by atoms with Gasteiger partial charge in [0.15, 0.2) is 5.78 Å². The molecule has 0 bridgehead atoms. The maximum atomic E-state index is 12.3. The molecule has 0 saturated heterocycles. The Morgan fingerprint density at radius 3 is 2.62 bits per heavy atom. The first-order chi connectivity index (χ1) is 11.5. The fourth-order valence-electron chi connectivity index (χ4n) is 2.21. The van der Waals surface area contributed by atoms with E-state index in [4.69, 9.17) is 27.9 Å². The van der Waals surface area contributed by atoms with E-state index in [1.54, 1.807) is 6.07 Å². The van der Waals surface area contributed by atoms with Crippen LogP contribution in [-0.4, -0.2) is 17.9 Å². The van der Waals surface area contributed by atoms with Crippen LogP contribution < -0.4 is 0 Å². The summed E-state index contributed by atoms with van der Waals surface area (Å²) in [5.41, 5.74) is 1.05. The van der Waals surface area contributed by atoms with E-state index in [-0.39, 0.29) is 17.2 Å². The highest BCUT2D eigenvalue weighted by molar-refractivity contribution is 8.02. The molecule has 0 radical (unpaired) electrons. The number of thioether (sulfide) groups is 1. The summed E-state index contributed by atoms with van der Waals surface area (Å²) in [6.07, 6.45) is -0.511. The second-order valence-electron chi connectivity index (χ2n) is 5.09. The molecule has 2 aromatic rings. The minimum Gasteiger partial charge on any atom is -0.452 e. The van der Waals surface area contributed by atoms with E-state index in [9.17, 15) is 9.59 Å². The number of esters is 1. The highest BCUT2D eigenvalue weighted by atomic mass is 35.5. The highest BCUT2D eigenvalue weighted by Crippen LogP contribution is 2.38. The summed E-state index contributed by atoms with van der Waals surface area (Å²) in [5, 5.41) is 2.57. The molecule has 0 spiro atoms. The Hall–Kier alpha value is -1.27. The molecular formula is C17H12Cl2O3S2. The molecule has 0 aliphatic carbocycles. The number of carbonyl (C=O) groups is 2. The number of benzene rings is 1. The monoisotopic (exact) mass is 398 g/mol. The highest BCUT2D eigenvalue weighted by Gasteiger charge is 2.35. The zero-order chi connectivity index (χ0) is 17.1. The lowest BCUT2D eigenvalue weighted by Gasteiger charge is -2.12. The van der Waals surface area contributed by atoms with Gasteiger partial charge in [-0.1, -0.05) is 41.4 Å². The van der Waals surface area contributed by atoms with Gasteiger partial charge in [0.25, 0.3) is 0 Å². The van der Waals surface area contributed by atoms with E-state index in [1.807, 2.05) is 35.7 Å². The van der Waals surface area contributed by atoms with E-state index in [1.165, 1.54) is 23.1 Å². The molecule has 0 N–H and O–H groups in total. The van der Waals surface area contributed by atoms with Crippen molar-refractivity contribution < 1.29 is 14.3 Å². The zero-order valence-electron chi connectivity index (χ0n) is 12.3. The van der Waals surface area contributed by atoms with E-state index < -0.39 is 12.1 Å². The molecule has 0 fully saturated rings. The van der Waals surface area contributed by atoms with Crippen molar-refractivity contribution in [2.24, 2.45) is 0 Å². The standard InChI is InChI=1S/C17H12Cl2O3S2/c18-11-5-3-10(4-6-11)9-24-16-13(22-17(21)15(16)19)8-12(20)14-2-1-7-23-14/h1-7,13H,8-9H2. The Morgan fingerprint density at radius 2 is 1.96 bits per heavy atom. The van der Waals surface area contributed by atoms with Gasteiger partial charge >= 0.3 is 5.97 Å². The quantitative estimate of drug-likeness (QED) is 0.490. The van der Waals surface area contributed by atoms with E-state index in [0.717, 1.165) is 5.56 Å². The molecule has 1 unspecified atom stereocenters. The topological polar surface area (TPSA) is 43.4 Å². The number of cyclic esters (lactones) is 1. The van der Waals surface area contributed by atoms with Crippen LogP contribution in [-0.2, 0) is 15.3 Å². The SMILES string of the molecule is O=C1OC(CC(=O)c2cccs2)C(SCc2ccc(Cl)cc2)=C1Cl. The van der Waals surface area contributed by atoms with Gasteiger partial charge < -0.3 is 4.74 Å². The number of halogens is 2. The molecule has 24 heavy (non-hydrogen) atoms. The summed E-state index contributed by atoms with van der Waals surface area (Å²) in [6.45, 7) is 0. The second-order valence-corrected chi connectivity index (χ2v) is 7.87. The fourth-order valence-corrected chi connectivity index (χ4v) is 4.39. The molecule has 1 atom stereocenters.